The fourth-order valence-corrected chi connectivity index (χ4v) is 4.65. The van der Waals surface area contributed by atoms with Gasteiger partial charge in [0.2, 0.25) is 0 Å². The lowest BCUT2D eigenvalue weighted by molar-refractivity contribution is 0.561. The normalized spacial score (nSPS) is 13.8. The van der Waals surface area contributed by atoms with Crippen molar-refractivity contribution in [3.05, 3.63) is 102 Å². The average Bonchev–Trinajstić information content (AvgIpc) is 3.27. The van der Waals surface area contributed by atoms with Crippen molar-refractivity contribution < 1.29 is 0 Å². The summed E-state index contributed by atoms with van der Waals surface area (Å²) in [5.74, 6) is 0. The first-order valence-corrected chi connectivity index (χ1v) is 9.70. The van der Waals surface area contributed by atoms with Crippen molar-refractivity contribution in [2.24, 2.45) is 0 Å². The zero-order chi connectivity index (χ0) is 19.1. The first kappa shape index (κ1) is 16.8. The number of aromatic amines is 2. The van der Waals surface area contributed by atoms with Crippen LogP contribution in [-0.2, 0) is 11.8 Å². The second-order valence-corrected chi connectivity index (χ2v) is 7.80. The predicted molar refractivity (Wildman–Crippen MR) is 116 cm³/mol. The number of nitrogens with zero attached hydrogens (tertiary/aromatic N) is 1. The van der Waals surface area contributed by atoms with Gasteiger partial charge in [0.15, 0.2) is 0 Å². The molecule has 3 heterocycles. The van der Waals surface area contributed by atoms with E-state index in [1.165, 1.54) is 44.3 Å². The lowest BCUT2D eigenvalue weighted by atomic mass is 9.72. The number of hydrogen-bond acceptors (Lipinski definition) is 1. The summed E-state index contributed by atoms with van der Waals surface area (Å²) in [6.45, 7) is 4.52. The van der Waals surface area contributed by atoms with E-state index >= 15 is 0 Å². The van der Waals surface area contributed by atoms with Crippen molar-refractivity contribution in [1.29, 1.82) is 0 Å². The van der Waals surface area contributed by atoms with Crippen LogP contribution in [0.4, 0.5) is 0 Å². The number of H-pyrrole nitrogens is 2. The maximum atomic E-state index is 4.25. The van der Waals surface area contributed by atoms with Gasteiger partial charge in [-0.1, -0.05) is 43.3 Å². The molecular weight excluding hydrogens is 342 g/mol. The standard InChI is InChI=1S/C25H23N3/c1-17-24(21-8-4-6-10-23(21)27-17)25(2,19-11-13-26-14-12-19)16-20-15-18-7-3-5-9-22(18)28-20/h3-15,27-28H,16H2,1-2H3. The highest BCUT2D eigenvalue weighted by Crippen LogP contribution is 2.41. The molecule has 2 aromatic carbocycles. The Balaban J connectivity index is 1.72. The molecule has 0 fully saturated rings. The van der Waals surface area contributed by atoms with Crippen LogP contribution < -0.4 is 0 Å². The largest absolute Gasteiger partial charge is 0.358 e. The fraction of sp³-hybridized carbons (Fsp3) is 0.160. The minimum atomic E-state index is -0.187. The Hall–Kier alpha value is -3.33. The van der Waals surface area contributed by atoms with E-state index in [9.17, 15) is 0 Å². The van der Waals surface area contributed by atoms with Crippen LogP contribution in [0.1, 0.15) is 29.4 Å². The summed E-state index contributed by atoms with van der Waals surface area (Å²) in [7, 11) is 0. The number of hydrogen-bond donors (Lipinski definition) is 2. The Bertz CT molecular complexity index is 1230. The van der Waals surface area contributed by atoms with E-state index in [1.807, 2.05) is 12.4 Å². The number of rotatable bonds is 4. The number of fused-ring (bicyclic) bond motifs is 2. The highest BCUT2D eigenvalue weighted by Gasteiger charge is 2.34. The highest BCUT2D eigenvalue weighted by molar-refractivity contribution is 5.86. The fourth-order valence-electron chi connectivity index (χ4n) is 4.65. The molecule has 0 aliphatic heterocycles. The van der Waals surface area contributed by atoms with Crippen LogP contribution in [0, 0.1) is 6.92 Å². The Morgan fingerprint density at radius 1 is 0.857 bits per heavy atom. The molecule has 0 bridgehead atoms. The molecule has 3 heteroatoms. The van der Waals surface area contributed by atoms with E-state index in [0.29, 0.717) is 0 Å². The van der Waals surface area contributed by atoms with Crippen molar-refractivity contribution in [1.82, 2.24) is 15.0 Å². The van der Waals surface area contributed by atoms with Gasteiger partial charge in [-0.05, 0) is 53.8 Å². The van der Waals surface area contributed by atoms with Crippen LogP contribution in [0.15, 0.2) is 79.1 Å². The van der Waals surface area contributed by atoms with E-state index in [-0.39, 0.29) is 5.41 Å². The monoisotopic (exact) mass is 365 g/mol. The van der Waals surface area contributed by atoms with E-state index in [2.05, 4.69) is 95.5 Å². The first-order valence-electron chi connectivity index (χ1n) is 9.70. The lowest BCUT2D eigenvalue weighted by Gasteiger charge is -2.31. The molecule has 0 amide bonds. The molecule has 138 valence electrons. The van der Waals surface area contributed by atoms with Gasteiger partial charge in [-0.15, -0.1) is 0 Å². The summed E-state index contributed by atoms with van der Waals surface area (Å²) in [6, 6.07) is 23.6. The van der Waals surface area contributed by atoms with Gasteiger partial charge in [0.05, 0.1) is 0 Å². The molecular formula is C25H23N3. The highest BCUT2D eigenvalue weighted by atomic mass is 14.7. The smallest absolute Gasteiger partial charge is 0.0459 e. The minimum Gasteiger partial charge on any atom is -0.358 e. The number of aromatic nitrogens is 3. The SMILES string of the molecule is Cc1[nH]c2ccccc2c1C(C)(Cc1cc2ccccc2[nH]1)c1ccncc1. The molecule has 0 radical (unpaired) electrons. The average molecular weight is 365 g/mol. The second kappa shape index (κ2) is 6.38. The van der Waals surface area contributed by atoms with Gasteiger partial charge in [0, 0.05) is 52.0 Å². The predicted octanol–water partition coefficient (Wildman–Crippen LogP) is 5.90. The van der Waals surface area contributed by atoms with Crippen LogP contribution in [0.2, 0.25) is 0 Å². The molecule has 5 aromatic rings. The topological polar surface area (TPSA) is 44.5 Å². The molecule has 2 N–H and O–H groups in total. The molecule has 3 aromatic heterocycles. The third-order valence-corrected chi connectivity index (χ3v) is 5.89. The minimum absolute atomic E-state index is 0.187. The number of nitrogens with one attached hydrogen (secondary N) is 2. The summed E-state index contributed by atoms with van der Waals surface area (Å²) < 4.78 is 0. The molecule has 3 nitrogen and oxygen atoms in total. The van der Waals surface area contributed by atoms with Crippen LogP contribution in [0.5, 0.6) is 0 Å². The Kier molecular flexibility index (Phi) is 3.83. The quantitative estimate of drug-likeness (QED) is 0.409. The molecule has 0 saturated heterocycles. The van der Waals surface area contributed by atoms with Crippen molar-refractivity contribution in [3.63, 3.8) is 0 Å². The van der Waals surface area contributed by atoms with E-state index < -0.39 is 0 Å². The van der Waals surface area contributed by atoms with Gasteiger partial charge >= 0.3 is 0 Å². The molecule has 28 heavy (non-hydrogen) atoms. The van der Waals surface area contributed by atoms with Crippen molar-refractivity contribution in [2.45, 2.75) is 25.7 Å². The van der Waals surface area contributed by atoms with Crippen molar-refractivity contribution >= 4 is 21.8 Å². The summed E-state index contributed by atoms with van der Waals surface area (Å²) in [4.78, 5) is 11.5. The zero-order valence-electron chi connectivity index (χ0n) is 16.2. The Morgan fingerprint density at radius 2 is 1.57 bits per heavy atom. The van der Waals surface area contributed by atoms with Crippen LogP contribution in [-0.4, -0.2) is 15.0 Å². The molecule has 0 saturated carbocycles. The molecule has 0 aliphatic carbocycles. The van der Waals surface area contributed by atoms with Crippen molar-refractivity contribution in [3.8, 4) is 0 Å². The van der Waals surface area contributed by atoms with Crippen LogP contribution in [0.3, 0.4) is 0 Å². The van der Waals surface area contributed by atoms with Gasteiger partial charge in [-0.2, -0.15) is 0 Å². The summed E-state index contributed by atoms with van der Waals surface area (Å²) >= 11 is 0. The van der Waals surface area contributed by atoms with Crippen molar-refractivity contribution in [2.75, 3.05) is 0 Å². The number of aryl methyl sites for hydroxylation is 1. The summed E-state index contributed by atoms with van der Waals surface area (Å²) in [6.07, 6.45) is 4.67. The van der Waals surface area contributed by atoms with Gasteiger partial charge in [-0.3, -0.25) is 4.98 Å². The molecule has 5 rings (SSSR count). The maximum absolute atomic E-state index is 4.25. The third kappa shape index (κ3) is 2.63. The third-order valence-electron chi connectivity index (χ3n) is 5.89. The number of para-hydroxylation sites is 2. The first-order chi connectivity index (χ1) is 13.6. The lowest BCUT2D eigenvalue weighted by Crippen LogP contribution is -2.27. The maximum Gasteiger partial charge on any atom is 0.0459 e. The van der Waals surface area contributed by atoms with E-state index in [0.717, 1.165) is 6.42 Å². The van der Waals surface area contributed by atoms with Gasteiger partial charge in [-0.25, -0.2) is 0 Å². The Labute approximate surface area is 164 Å². The molecule has 0 aliphatic rings. The van der Waals surface area contributed by atoms with Gasteiger partial charge in [0.25, 0.3) is 0 Å². The zero-order valence-corrected chi connectivity index (χ0v) is 16.2. The van der Waals surface area contributed by atoms with Crippen LogP contribution >= 0.6 is 0 Å². The van der Waals surface area contributed by atoms with Gasteiger partial charge < -0.3 is 9.97 Å². The van der Waals surface area contributed by atoms with E-state index in [1.54, 1.807) is 0 Å². The number of pyridine rings is 1. The number of benzene rings is 2. The van der Waals surface area contributed by atoms with Crippen LogP contribution in [0.25, 0.3) is 21.8 Å². The molecule has 0 spiro atoms. The second-order valence-electron chi connectivity index (χ2n) is 7.80. The Morgan fingerprint density at radius 3 is 2.36 bits per heavy atom. The van der Waals surface area contributed by atoms with Gasteiger partial charge in [0.1, 0.15) is 0 Å². The van der Waals surface area contributed by atoms with E-state index in [4.69, 9.17) is 0 Å². The molecule has 1 atom stereocenters. The summed E-state index contributed by atoms with van der Waals surface area (Å²) in [5, 5.41) is 2.54. The summed E-state index contributed by atoms with van der Waals surface area (Å²) in [5.41, 5.74) is 7.27. The molecule has 1 unspecified atom stereocenters.